The minimum absolute atomic E-state index is 0.0557. The third-order valence-corrected chi connectivity index (χ3v) is 4.33. The van der Waals surface area contributed by atoms with Crippen LogP contribution in [0.4, 0.5) is 10.1 Å². The van der Waals surface area contributed by atoms with Crippen molar-refractivity contribution in [1.29, 1.82) is 0 Å². The zero-order chi connectivity index (χ0) is 17.8. The molecule has 1 saturated heterocycles. The Labute approximate surface area is 146 Å². The van der Waals surface area contributed by atoms with Crippen LogP contribution in [-0.2, 0) is 0 Å². The number of phenolic OH excluding ortho intramolecular Hbond substituents is 1. The molecule has 132 valence electrons. The summed E-state index contributed by atoms with van der Waals surface area (Å²) in [4.78, 5) is 14.4. The molecule has 2 N–H and O–H groups in total. The lowest BCUT2D eigenvalue weighted by atomic mass is 10.0. The molecule has 0 aliphatic carbocycles. The van der Waals surface area contributed by atoms with Crippen LogP contribution in [0.1, 0.15) is 23.2 Å². The molecule has 25 heavy (non-hydrogen) atoms. The number of nitrogens with one attached hydrogen (secondary N) is 1. The van der Waals surface area contributed by atoms with E-state index in [0.29, 0.717) is 30.1 Å². The number of carbonyl (C=O) groups excluding carboxylic acids is 1. The zero-order valence-corrected chi connectivity index (χ0v) is 14.0. The first-order valence-electron chi connectivity index (χ1n) is 8.25. The highest BCUT2D eigenvalue weighted by Crippen LogP contribution is 2.27. The second kappa shape index (κ2) is 7.42. The number of phenols is 1. The Hall–Kier alpha value is -2.76. The topological polar surface area (TPSA) is 61.8 Å². The van der Waals surface area contributed by atoms with Gasteiger partial charge in [0.2, 0.25) is 0 Å². The highest BCUT2D eigenvalue weighted by Gasteiger charge is 2.25. The fraction of sp³-hybridized carbons (Fsp3) is 0.316. The lowest BCUT2D eigenvalue weighted by Gasteiger charge is -2.33. The van der Waals surface area contributed by atoms with E-state index in [1.165, 1.54) is 25.3 Å². The van der Waals surface area contributed by atoms with Crippen molar-refractivity contribution in [3.63, 3.8) is 0 Å². The molecule has 6 heteroatoms. The van der Waals surface area contributed by atoms with Crippen molar-refractivity contribution >= 4 is 11.6 Å². The number of carbonyl (C=O) groups is 1. The molecule has 0 saturated carbocycles. The smallest absolute Gasteiger partial charge is 0.254 e. The van der Waals surface area contributed by atoms with E-state index in [4.69, 9.17) is 4.74 Å². The monoisotopic (exact) mass is 344 g/mol. The Kier molecular flexibility index (Phi) is 5.07. The van der Waals surface area contributed by atoms with E-state index in [2.05, 4.69) is 5.32 Å². The fourth-order valence-corrected chi connectivity index (χ4v) is 3.10. The Bertz CT molecular complexity index is 766. The summed E-state index contributed by atoms with van der Waals surface area (Å²) >= 11 is 0. The van der Waals surface area contributed by atoms with E-state index in [9.17, 15) is 14.3 Å². The van der Waals surface area contributed by atoms with E-state index in [1.807, 2.05) is 6.07 Å². The first-order valence-corrected chi connectivity index (χ1v) is 8.25. The Morgan fingerprint density at radius 3 is 2.88 bits per heavy atom. The largest absolute Gasteiger partial charge is 0.504 e. The van der Waals surface area contributed by atoms with Gasteiger partial charge in [0.15, 0.2) is 11.5 Å². The van der Waals surface area contributed by atoms with Gasteiger partial charge in [-0.1, -0.05) is 6.07 Å². The van der Waals surface area contributed by atoms with Gasteiger partial charge in [-0.25, -0.2) is 4.39 Å². The predicted molar refractivity (Wildman–Crippen MR) is 93.6 cm³/mol. The van der Waals surface area contributed by atoms with E-state index in [1.54, 1.807) is 23.1 Å². The van der Waals surface area contributed by atoms with Crippen LogP contribution < -0.4 is 10.1 Å². The number of likely N-dealkylation sites (tertiary alicyclic amines) is 1. The number of methoxy groups -OCH3 is 1. The third-order valence-electron chi connectivity index (χ3n) is 4.33. The van der Waals surface area contributed by atoms with Gasteiger partial charge >= 0.3 is 0 Å². The highest BCUT2D eigenvalue weighted by molar-refractivity contribution is 5.95. The van der Waals surface area contributed by atoms with E-state index >= 15 is 0 Å². The number of anilines is 1. The van der Waals surface area contributed by atoms with Crippen LogP contribution >= 0.6 is 0 Å². The minimum atomic E-state index is -0.289. The van der Waals surface area contributed by atoms with Crippen LogP contribution in [0.2, 0.25) is 0 Å². The standard InChI is InChI=1S/C19H21FN2O3/c1-25-18-8-7-13(10-17(18)23)19(24)22-9-3-6-16(12-22)21-15-5-2-4-14(20)11-15/h2,4-5,7-8,10-11,16,21,23H,3,6,9,12H2,1H3. The second-order valence-corrected chi connectivity index (χ2v) is 6.13. The van der Waals surface area contributed by atoms with Crippen LogP contribution in [0.5, 0.6) is 11.5 Å². The number of halogens is 1. The molecule has 1 atom stereocenters. The summed E-state index contributed by atoms with van der Waals surface area (Å²) in [7, 11) is 1.46. The minimum Gasteiger partial charge on any atom is -0.504 e. The summed E-state index contributed by atoms with van der Waals surface area (Å²) in [5, 5.41) is 13.2. The van der Waals surface area contributed by atoms with Gasteiger partial charge < -0.3 is 20.1 Å². The lowest BCUT2D eigenvalue weighted by molar-refractivity contribution is 0.0714. The molecule has 0 aromatic heterocycles. The van der Waals surface area contributed by atoms with Gasteiger partial charge in [-0.15, -0.1) is 0 Å². The van der Waals surface area contributed by atoms with Gasteiger partial charge in [-0.3, -0.25) is 4.79 Å². The molecule has 0 radical (unpaired) electrons. The van der Waals surface area contributed by atoms with Crippen molar-refractivity contribution in [2.45, 2.75) is 18.9 Å². The molecular weight excluding hydrogens is 323 g/mol. The van der Waals surface area contributed by atoms with E-state index in [-0.39, 0.29) is 23.5 Å². The molecule has 1 aliphatic rings. The fourth-order valence-electron chi connectivity index (χ4n) is 3.10. The molecule has 0 bridgehead atoms. The van der Waals surface area contributed by atoms with E-state index < -0.39 is 0 Å². The van der Waals surface area contributed by atoms with Crippen molar-refractivity contribution in [3.05, 3.63) is 53.8 Å². The maximum Gasteiger partial charge on any atom is 0.254 e. The number of ether oxygens (including phenoxy) is 1. The number of rotatable bonds is 4. The highest BCUT2D eigenvalue weighted by atomic mass is 19.1. The van der Waals surface area contributed by atoms with Crippen molar-refractivity contribution < 1.29 is 19.0 Å². The van der Waals surface area contributed by atoms with Crippen LogP contribution in [-0.4, -0.2) is 42.2 Å². The van der Waals surface area contributed by atoms with Gasteiger partial charge in [0.1, 0.15) is 5.82 Å². The summed E-state index contributed by atoms with van der Waals surface area (Å²) in [6.07, 6.45) is 1.77. The Morgan fingerprint density at radius 1 is 1.32 bits per heavy atom. The molecule has 0 spiro atoms. The predicted octanol–water partition coefficient (Wildman–Crippen LogP) is 3.26. The summed E-state index contributed by atoms with van der Waals surface area (Å²) in [6, 6.07) is 11.0. The average Bonchev–Trinajstić information content (AvgIpc) is 2.61. The maximum atomic E-state index is 13.3. The van der Waals surface area contributed by atoms with Crippen LogP contribution in [0.15, 0.2) is 42.5 Å². The second-order valence-electron chi connectivity index (χ2n) is 6.13. The SMILES string of the molecule is COc1ccc(C(=O)N2CCCC(Nc3cccc(F)c3)C2)cc1O. The van der Waals surface area contributed by atoms with Crippen molar-refractivity contribution in [1.82, 2.24) is 4.90 Å². The first-order chi connectivity index (χ1) is 12.1. The van der Waals surface area contributed by atoms with Crippen molar-refractivity contribution in [2.75, 3.05) is 25.5 Å². The van der Waals surface area contributed by atoms with Crippen LogP contribution in [0, 0.1) is 5.82 Å². The summed E-state index contributed by atoms with van der Waals surface area (Å²) < 4.78 is 18.3. The number of benzene rings is 2. The lowest BCUT2D eigenvalue weighted by Crippen LogP contribution is -2.45. The number of hydrogen-bond donors (Lipinski definition) is 2. The van der Waals surface area contributed by atoms with Gasteiger partial charge in [0.25, 0.3) is 5.91 Å². The van der Waals surface area contributed by atoms with Crippen molar-refractivity contribution in [2.24, 2.45) is 0 Å². The van der Waals surface area contributed by atoms with E-state index in [0.717, 1.165) is 12.8 Å². The zero-order valence-electron chi connectivity index (χ0n) is 14.0. The average molecular weight is 344 g/mol. The molecule has 1 heterocycles. The van der Waals surface area contributed by atoms with Gasteiger partial charge in [0.05, 0.1) is 7.11 Å². The van der Waals surface area contributed by atoms with Crippen LogP contribution in [0.3, 0.4) is 0 Å². The summed E-state index contributed by atoms with van der Waals surface area (Å²) in [5.74, 6) is -0.146. The van der Waals surface area contributed by atoms with Gasteiger partial charge in [-0.05, 0) is 49.2 Å². The molecule has 1 fully saturated rings. The number of aromatic hydroxyl groups is 1. The molecule has 3 rings (SSSR count). The molecule has 2 aromatic rings. The van der Waals surface area contributed by atoms with Crippen molar-refractivity contribution in [3.8, 4) is 11.5 Å². The molecular formula is C19H21FN2O3. The summed E-state index contributed by atoms with van der Waals surface area (Å²) in [5.41, 5.74) is 1.13. The van der Waals surface area contributed by atoms with Gasteiger partial charge in [0, 0.05) is 30.4 Å². The maximum absolute atomic E-state index is 13.3. The first kappa shape index (κ1) is 17.1. The molecule has 1 amide bonds. The number of hydrogen-bond acceptors (Lipinski definition) is 4. The normalized spacial score (nSPS) is 17.2. The summed E-state index contributed by atoms with van der Waals surface area (Å²) in [6.45, 7) is 1.19. The third kappa shape index (κ3) is 4.02. The Balaban J connectivity index is 1.68. The number of nitrogens with zero attached hydrogens (tertiary/aromatic N) is 1. The van der Waals surface area contributed by atoms with Crippen LogP contribution in [0.25, 0.3) is 0 Å². The number of amides is 1. The van der Waals surface area contributed by atoms with Gasteiger partial charge in [-0.2, -0.15) is 0 Å². The Morgan fingerprint density at radius 2 is 2.16 bits per heavy atom. The number of piperidine rings is 1. The molecule has 1 aliphatic heterocycles. The molecule has 5 nitrogen and oxygen atoms in total. The molecule has 2 aromatic carbocycles. The molecule has 1 unspecified atom stereocenters. The quantitative estimate of drug-likeness (QED) is 0.894.